The smallest absolute Gasteiger partial charge is 0.312 e. The van der Waals surface area contributed by atoms with Crippen LogP contribution in [-0.4, -0.2) is 45.0 Å². The fraction of sp³-hybridized carbons (Fsp3) is 0.708. The van der Waals surface area contributed by atoms with Gasteiger partial charge in [-0.1, -0.05) is 51.1 Å². The van der Waals surface area contributed by atoms with Gasteiger partial charge in [0.05, 0.1) is 18.1 Å². The van der Waals surface area contributed by atoms with Crippen molar-refractivity contribution in [1.29, 1.82) is 0 Å². The molecule has 2 unspecified atom stereocenters. The van der Waals surface area contributed by atoms with Gasteiger partial charge in [0.1, 0.15) is 0 Å². The molecule has 1 saturated heterocycles. The summed E-state index contributed by atoms with van der Waals surface area (Å²) in [6.45, 7) is 17.9. The van der Waals surface area contributed by atoms with Crippen molar-refractivity contribution in [2.24, 2.45) is 11.3 Å². The first-order valence-corrected chi connectivity index (χ1v) is 14.1. The maximum absolute atomic E-state index is 12.9. The third-order valence-electron chi connectivity index (χ3n) is 7.56. The zero-order chi connectivity index (χ0) is 21.4. The predicted octanol–water partition coefficient (Wildman–Crippen LogP) is 5.41. The van der Waals surface area contributed by atoms with Crippen LogP contribution in [0, 0.1) is 11.3 Å². The van der Waals surface area contributed by atoms with E-state index in [9.17, 15) is 4.79 Å². The standard InChI is InChI=1S/C24H39NO3Si/c1-8-27-22(26)24(14-15-24)20-16-25(18(2)19-12-10-9-11-13-19)17-21(20)28-29(6,7)23(3,4)5/h9-13,18,20-21H,8,14-17H2,1-7H3/t18-,20?,21?/m0/s1. The largest absolute Gasteiger partial charge is 0.466 e. The predicted molar refractivity (Wildman–Crippen MR) is 120 cm³/mol. The molecule has 1 aromatic carbocycles. The van der Waals surface area contributed by atoms with E-state index in [1.165, 1.54) is 5.56 Å². The molecular formula is C24H39NO3Si. The van der Waals surface area contributed by atoms with Gasteiger partial charge in [0.15, 0.2) is 8.32 Å². The molecule has 162 valence electrons. The number of carbonyl (C=O) groups is 1. The summed E-state index contributed by atoms with van der Waals surface area (Å²) >= 11 is 0. The van der Waals surface area contributed by atoms with Crippen LogP contribution >= 0.6 is 0 Å². The Hall–Kier alpha value is -1.17. The first kappa shape index (κ1) is 22.5. The Labute approximate surface area is 178 Å². The molecule has 1 aliphatic carbocycles. The van der Waals surface area contributed by atoms with Crippen molar-refractivity contribution in [3.63, 3.8) is 0 Å². The number of nitrogens with zero attached hydrogens (tertiary/aromatic N) is 1. The number of rotatable bonds is 7. The topological polar surface area (TPSA) is 38.8 Å². The second kappa shape index (κ2) is 8.16. The first-order chi connectivity index (χ1) is 13.5. The number of carbonyl (C=O) groups excluding carboxylic acids is 1. The van der Waals surface area contributed by atoms with Gasteiger partial charge in [-0.05, 0) is 50.4 Å². The van der Waals surface area contributed by atoms with Crippen LogP contribution in [0.2, 0.25) is 18.1 Å². The summed E-state index contributed by atoms with van der Waals surface area (Å²) in [6.07, 6.45) is 1.96. The minimum Gasteiger partial charge on any atom is -0.466 e. The van der Waals surface area contributed by atoms with E-state index in [2.05, 4.69) is 76.0 Å². The zero-order valence-corrected chi connectivity index (χ0v) is 20.3. The monoisotopic (exact) mass is 417 g/mol. The van der Waals surface area contributed by atoms with Gasteiger partial charge in [-0.3, -0.25) is 9.69 Å². The van der Waals surface area contributed by atoms with Crippen LogP contribution in [0.1, 0.15) is 59.1 Å². The summed E-state index contributed by atoms with van der Waals surface area (Å²) in [7, 11) is -1.94. The van der Waals surface area contributed by atoms with Crippen molar-refractivity contribution in [1.82, 2.24) is 4.90 Å². The van der Waals surface area contributed by atoms with Crippen LogP contribution in [0.25, 0.3) is 0 Å². The van der Waals surface area contributed by atoms with E-state index in [-0.39, 0.29) is 28.4 Å². The lowest BCUT2D eigenvalue weighted by atomic mass is 9.86. The molecule has 3 rings (SSSR count). The Morgan fingerprint density at radius 3 is 2.34 bits per heavy atom. The third-order valence-corrected chi connectivity index (χ3v) is 12.1. The minimum atomic E-state index is -1.94. The van der Waals surface area contributed by atoms with Crippen molar-refractivity contribution >= 4 is 14.3 Å². The molecule has 1 aromatic rings. The molecular weight excluding hydrogens is 378 g/mol. The Balaban J connectivity index is 1.86. The van der Waals surface area contributed by atoms with Crippen molar-refractivity contribution in [3.8, 4) is 0 Å². The highest BCUT2D eigenvalue weighted by Gasteiger charge is 2.62. The van der Waals surface area contributed by atoms with E-state index in [0.29, 0.717) is 12.6 Å². The van der Waals surface area contributed by atoms with E-state index in [1.807, 2.05) is 6.92 Å². The number of ether oxygens (including phenoxy) is 1. The van der Waals surface area contributed by atoms with E-state index in [0.717, 1.165) is 25.9 Å². The van der Waals surface area contributed by atoms with Gasteiger partial charge < -0.3 is 9.16 Å². The van der Waals surface area contributed by atoms with Crippen molar-refractivity contribution in [3.05, 3.63) is 35.9 Å². The molecule has 0 spiro atoms. The molecule has 0 aromatic heterocycles. The van der Waals surface area contributed by atoms with E-state index in [4.69, 9.17) is 9.16 Å². The van der Waals surface area contributed by atoms with Gasteiger partial charge >= 0.3 is 5.97 Å². The Kier molecular flexibility index (Phi) is 6.33. The average molecular weight is 418 g/mol. The maximum Gasteiger partial charge on any atom is 0.312 e. The molecule has 0 bridgehead atoms. The van der Waals surface area contributed by atoms with Gasteiger partial charge in [0, 0.05) is 25.0 Å². The van der Waals surface area contributed by atoms with Crippen LogP contribution in [-0.2, 0) is 14.0 Å². The minimum absolute atomic E-state index is 0.0111. The van der Waals surface area contributed by atoms with Gasteiger partial charge in [0.2, 0.25) is 0 Å². The van der Waals surface area contributed by atoms with Crippen LogP contribution in [0.5, 0.6) is 0 Å². The molecule has 1 saturated carbocycles. The Morgan fingerprint density at radius 2 is 1.83 bits per heavy atom. The molecule has 3 atom stereocenters. The molecule has 2 fully saturated rings. The summed E-state index contributed by atoms with van der Waals surface area (Å²) in [5.74, 6) is 0.199. The summed E-state index contributed by atoms with van der Waals surface area (Å²) in [4.78, 5) is 15.4. The molecule has 1 heterocycles. The van der Waals surface area contributed by atoms with E-state index < -0.39 is 8.32 Å². The lowest BCUT2D eigenvalue weighted by Crippen LogP contribution is -2.48. The second-order valence-electron chi connectivity index (χ2n) is 10.4. The number of likely N-dealkylation sites (tertiary alicyclic amines) is 1. The van der Waals surface area contributed by atoms with Crippen LogP contribution in [0.3, 0.4) is 0 Å². The molecule has 0 amide bonds. The molecule has 0 radical (unpaired) electrons. The van der Waals surface area contributed by atoms with Gasteiger partial charge in [-0.15, -0.1) is 0 Å². The number of benzene rings is 1. The van der Waals surface area contributed by atoms with Crippen LogP contribution < -0.4 is 0 Å². The molecule has 29 heavy (non-hydrogen) atoms. The summed E-state index contributed by atoms with van der Waals surface area (Å²) in [5.41, 5.74) is 0.981. The fourth-order valence-corrected chi connectivity index (χ4v) is 5.75. The van der Waals surface area contributed by atoms with Crippen molar-refractivity contribution in [2.45, 2.75) is 77.7 Å². The normalized spacial score (nSPS) is 25.6. The highest BCUT2D eigenvalue weighted by molar-refractivity contribution is 6.74. The number of hydrogen-bond acceptors (Lipinski definition) is 4. The van der Waals surface area contributed by atoms with Crippen molar-refractivity contribution < 1.29 is 14.0 Å². The molecule has 0 N–H and O–H groups in total. The highest BCUT2D eigenvalue weighted by atomic mass is 28.4. The van der Waals surface area contributed by atoms with E-state index >= 15 is 0 Å². The average Bonchev–Trinajstić information content (AvgIpc) is 3.36. The van der Waals surface area contributed by atoms with Gasteiger partial charge in [-0.2, -0.15) is 0 Å². The third kappa shape index (κ3) is 4.47. The number of esters is 1. The summed E-state index contributed by atoms with van der Waals surface area (Å²) in [5, 5.41) is 0.149. The zero-order valence-electron chi connectivity index (χ0n) is 19.3. The first-order valence-electron chi connectivity index (χ1n) is 11.2. The molecule has 1 aliphatic heterocycles. The van der Waals surface area contributed by atoms with Gasteiger partial charge in [-0.25, -0.2) is 0 Å². The summed E-state index contributed by atoms with van der Waals surface area (Å²) < 4.78 is 12.4. The highest BCUT2D eigenvalue weighted by Crippen LogP contribution is 2.57. The second-order valence-corrected chi connectivity index (χ2v) is 15.2. The summed E-state index contributed by atoms with van der Waals surface area (Å²) in [6, 6.07) is 11.0. The SMILES string of the molecule is CCOC(=O)C1(C2CN([C@@H](C)c3ccccc3)CC2O[Si](C)(C)C(C)(C)C)CC1. The van der Waals surface area contributed by atoms with Crippen LogP contribution in [0.15, 0.2) is 30.3 Å². The molecule has 5 heteroatoms. The molecule has 2 aliphatic rings. The van der Waals surface area contributed by atoms with E-state index in [1.54, 1.807) is 0 Å². The quantitative estimate of drug-likeness (QED) is 0.439. The van der Waals surface area contributed by atoms with Gasteiger partial charge in [0.25, 0.3) is 0 Å². The molecule has 4 nitrogen and oxygen atoms in total. The lowest BCUT2D eigenvalue weighted by Gasteiger charge is -2.40. The van der Waals surface area contributed by atoms with Crippen LogP contribution in [0.4, 0.5) is 0 Å². The lowest BCUT2D eigenvalue weighted by molar-refractivity contribution is -0.153. The maximum atomic E-state index is 12.9. The Morgan fingerprint density at radius 1 is 1.21 bits per heavy atom. The Bertz CT molecular complexity index is 709. The fourth-order valence-electron chi connectivity index (χ4n) is 4.40. The van der Waals surface area contributed by atoms with Crippen molar-refractivity contribution in [2.75, 3.05) is 19.7 Å². The number of hydrogen-bond donors (Lipinski definition) is 0.